The molecule has 0 saturated heterocycles. The summed E-state index contributed by atoms with van der Waals surface area (Å²) in [6.07, 6.45) is 0. The molecule has 1 aromatic carbocycles. The molecule has 2 aromatic rings. The van der Waals surface area contributed by atoms with Crippen LogP contribution in [0.5, 0.6) is 0 Å². The monoisotopic (exact) mass is 416 g/mol. The number of halogens is 2. The maximum absolute atomic E-state index is 12.1. The van der Waals surface area contributed by atoms with Gasteiger partial charge in [0, 0.05) is 12.2 Å². The maximum atomic E-state index is 12.1. The van der Waals surface area contributed by atoms with Gasteiger partial charge in [-0.15, -0.1) is 23.7 Å². The molecule has 0 saturated carbocycles. The van der Waals surface area contributed by atoms with Gasteiger partial charge in [0.1, 0.15) is 6.61 Å². The summed E-state index contributed by atoms with van der Waals surface area (Å²) in [6, 6.07) is 8.30. The summed E-state index contributed by atoms with van der Waals surface area (Å²) < 4.78 is 5.27. The Balaban J connectivity index is 0.00000338. The highest BCUT2D eigenvalue weighted by molar-refractivity contribution is 7.12. The Morgan fingerprint density at radius 2 is 1.96 bits per heavy atom. The highest BCUT2D eigenvalue weighted by Crippen LogP contribution is 2.23. The first-order chi connectivity index (χ1) is 12.0. The zero-order valence-corrected chi connectivity index (χ0v) is 17.0. The largest absolute Gasteiger partial charge is 0.461 e. The van der Waals surface area contributed by atoms with E-state index in [2.05, 4.69) is 24.1 Å². The van der Waals surface area contributed by atoms with Crippen LogP contribution in [0, 0.1) is 0 Å². The number of nitrogens with zero attached hydrogens (tertiary/aromatic N) is 1. The summed E-state index contributed by atoms with van der Waals surface area (Å²) in [4.78, 5) is 26.9. The molecule has 0 spiro atoms. The van der Waals surface area contributed by atoms with Gasteiger partial charge in [0.25, 0.3) is 5.91 Å². The number of nitrogens with one attached hydrogen (secondary N) is 1. The van der Waals surface area contributed by atoms with Crippen molar-refractivity contribution in [2.24, 2.45) is 0 Å². The second kappa shape index (κ2) is 11.2. The lowest BCUT2D eigenvalue weighted by Crippen LogP contribution is -2.27. The van der Waals surface area contributed by atoms with E-state index in [1.165, 1.54) is 11.3 Å². The second-order valence-corrected chi connectivity index (χ2v) is 6.64. The van der Waals surface area contributed by atoms with Gasteiger partial charge in [0.05, 0.1) is 15.5 Å². The van der Waals surface area contributed by atoms with Crippen LogP contribution in [0.25, 0.3) is 0 Å². The SMILES string of the molecule is CCN(CC)CCOC(=O)c1ccc(NC(=O)c2cccs2)cc1Cl.Cl. The van der Waals surface area contributed by atoms with Gasteiger partial charge in [-0.25, -0.2) is 4.79 Å². The maximum Gasteiger partial charge on any atom is 0.339 e. The fourth-order valence-corrected chi connectivity index (χ4v) is 3.12. The van der Waals surface area contributed by atoms with Crippen molar-refractivity contribution in [1.82, 2.24) is 4.90 Å². The summed E-state index contributed by atoms with van der Waals surface area (Å²) in [5.41, 5.74) is 0.818. The number of hydrogen-bond acceptors (Lipinski definition) is 5. The number of carbonyl (C=O) groups excluding carboxylic acids is 2. The van der Waals surface area contributed by atoms with E-state index in [0.29, 0.717) is 23.7 Å². The number of ether oxygens (including phenoxy) is 1. The molecule has 142 valence electrons. The Hall–Kier alpha value is -1.60. The summed E-state index contributed by atoms with van der Waals surface area (Å²) in [7, 11) is 0. The average molecular weight is 417 g/mol. The molecule has 0 aliphatic carbocycles. The molecule has 26 heavy (non-hydrogen) atoms. The number of thiophene rings is 1. The number of amides is 1. The number of hydrogen-bond donors (Lipinski definition) is 1. The Morgan fingerprint density at radius 3 is 2.54 bits per heavy atom. The summed E-state index contributed by atoms with van der Waals surface area (Å²) in [5.74, 6) is -0.672. The molecule has 2 rings (SSSR count). The molecule has 0 fully saturated rings. The van der Waals surface area contributed by atoms with E-state index in [0.717, 1.165) is 13.1 Å². The zero-order valence-electron chi connectivity index (χ0n) is 14.7. The lowest BCUT2D eigenvalue weighted by Gasteiger charge is -2.17. The quantitative estimate of drug-likeness (QED) is 0.639. The standard InChI is InChI=1S/C18H21ClN2O3S.ClH/c1-3-21(4-2)9-10-24-18(23)14-8-7-13(12-15(14)19)20-17(22)16-6-5-11-25-16;/h5-8,11-12H,3-4,9-10H2,1-2H3,(H,20,22);1H. The minimum Gasteiger partial charge on any atom is -0.461 e. The Labute approximate surface area is 168 Å². The number of likely N-dealkylation sites (N-methyl/N-ethyl adjacent to an activating group) is 1. The summed E-state index contributed by atoms with van der Waals surface area (Å²) in [6.45, 7) is 6.94. The van der Waals surface area contributed by atoms with Crippen LogP contribution >= 0.6 is 35.3 Å². The second-order valence-electron chi connectivity index (χ2n) is 5.29. The molecule has 0 unspecified atom stereocenters. The zero-order chi connectivity index (χ0) is 18.2. The Kier molecular flexibility index (Phi) is 9.65. The van der Waals surface area contributed by atoms with Crippen molar-refractivity contribution in [1.29, 1.82) is 0 Å². The van der Waals surface area contributed by atoms with Gasteiger partial charge >= 0.3 is 5.97 Å². The van der Waals surface area contributed by atoms with Crippen molar-refractivity contribution in [3.05, 3.63) is 51.2 Å². The summed E-state index contributed by atoms with van der Waals surface area (Å²) in [5, 5.41) is 4.83. The molecule has 0 bridgehead atoms. The van der Waals surface area contributed by atoms with Crippen LogP contribution < -0.4 is 5.32 Å². The van der Waals surface area contributed by atoms with Crippen molar-refractivity contribution in [3.8, 4) is 0 Å². The molecule has 1 N–H and O–H groups in total. The van der Waals surface area contributed by atoms with Crippen LogP contribution in [-0.4, -0.2) is 43.0 Å². The number of anilines is 1. The average Bonchev–Trinajstić information content (AvgIpc) is 3.13. The van der Waals surface area contributed by atoms with Crippen LogP contribution in [-0.2, 0) is 4.74 Å². The molecule has 8 heteroatoms. The first-order valence-electron chi connectivity index (χ1n) is 8.09. The molecule has 0 aliphatic heterocycles. The topological polar surface area (TPSA) is 58.6 Å². The fraction of sp³-hybridized carbons (Fsp3) is 0.333. The normalized spacial score (nSPS) is 10.3. The van der Waals surface area contributed by atoms with Crippen molar-refractivity contribution in [3.63, 3.8) is 0 Å². The van der Waals surface area contributed by atoms with Crippen LogP contribution in [0.1, 0.15) is 33.9 Å². The van der Waals surface area contributed by atoms with Gasteiger partial charge in [-0.2, -0.15) is 0 Å². The van der Waals surface area contributed by atoms with Gasteiger partial charge in [0.15, 0.2) is 0 Å². The first kappa shape index (κ1) is 22.4. The van der Waals surface area contributed by atoms with Crippen molar-refractivity contribution in [2.45, 2.75) is 13.8 Å². The lowest BCUT2D eigenvalue weighted by molar-refractivity contribution is 0.0466. The van der Waals surface area contributed by atoms with E-state index >= 15 is 0 Å². The molecule has 1 aromatic heterocycles. The van der Waals surface area contributed by atoms with Gasteiger partial charge in [0.2, 0.25) is 0 Å². The van der Waals surface area contributed by atoms with Gasteiger partial charge in [-0.1, -0.05) is 31.5 Å². The van der Waals surface area contributed by atoms with E-state index in [9.17, 15) is 9.59 Å². The van der Waals surface area contributed by atoms with E-state index in [1.807, 2.05) is 11.4 Å². The van der Waals surface area contributed by atoms with Gasteiger partial charge in [-0.05, 0) is 42.7 Å². The van der Waals surface area contributed by atoms with Gasteiger partial charge < -0.3 is 15.0 Å². The highest BCUT2D eigenvalue weighted by atomic mass is 35.5. The van der Waals surface area contributed by atoms with Crippen molar-refractivity contribution >= 4 is 52.9 Å². The van der Waals surface area contributed by atoms with Crippen LogP contribution in [0.15, 0.2) is 35.7 Å². The smallest absolute Gasteiger partial charge is 0.339 e. The van der Waals surface area contributed by atoms with Crippen molar-refractivity contribution in [2.75, 3.05) is 31.6 Å². The number of carbonyl (C=O) groups is 2. The Bertz CT molecular complexity index is 719. The molecule has 0 aliphatic rings. The number of esters is 1. The van der Waals surface area contributed by atoms with E-state index in [1.54, 1.807) is 24.3 Å². The third-order valence-electron chi connectivity index (χ3n) is 3.73. The van der Waals surface area contributed by atoms with Crippen LogP contribution in [0.2, 0.25) is 5.02 Å². The number of benzene rings is 1. The minimum atomic E-state index is -0.465. The van der Waals surface area contributed by atoms with Gasteiger partial charge in [-0.3, -0.25) is 4.79 Å². The highest BCUT2D eigenvalue weighted by Gasteiger charge is 2.14. The minimum absolute atomic E-state index is 0. The Morgan fingerprint density at radius 1 is 1.23 bits per heavy atom. The molecule has 0 atom stereocenters. The van der Waals surface area contributed by atoms with E-state index in [-0.39, 0.29) is 28.9 Å². The predicted octanol–water partition coefficient (Wildman–Crippen LogP) is 4.57. The molecule has 0 radical (unpaired) electrons. The fourth-order valence-electron chi connectivity index (χ4n) is 2.24. The third kappa shape index (κ3) is 6.29. The van der Waals surface area contributed by atoms with E-state index < -0.39 is 5.97 Å². The summed E-state index contributed by atoms with van der Waals surface area (Å²) >= 11 is 7.52. The number of rotatable bonds is 8. The lowest BCUT2D eigenvalue weighted by atomic mass is 10.2. The third-order valence-corrected chi connectivity index (χ3v) is 4.91. The van der Waals surface area contributed by atoms with Crippen molar-refractivity contribution < 1.29 is 14.3 Å². The molecule has 1 heterocycles. The van der Waals surface area contributed by atoms with Crippen LogP contribution in [0.4, 0.5) is 5.69 Å². The molecular weight excluding hydrogens is 395 g/mol. The molecule has 1 amide bonds. The first-order valence-corrected chi connectivity index (χ1v) is 9.34. The molecular formula is C18H22Cl2N2O3S. The molecule has 5 nitrogen and oxygen atoms in total. The van der Waals surface area contributed by atoms with E-state index in [4.69, 9.17) is 16.3 Å². The predicted molar refractivity (Wildman–Crippen MR) is 109 cm³/mol. The van der Waals surface area contributed by atoms with Crippen LogP contribution in [0.3, 0.4) is 0 Å².